The molecule has 1 amide bonds. The number of likely N-dealkylation sites (tertiary alicyclic amines) is 1. The highest BCUT2D eigenvalue weighted by Crippen LogP contribution is 2.37. The van der Waals surface area contributed by atoms with E-state index in [4.69, 9.17) is 4.99 Å². The van der Waals surface area contributed by atoms with Gasteiger partial charge in [0.15, 0.2) is 5.82 Å². The molecule has 2 aliphatic heterocycles. The van der Waals surface area contributed by atoms with Gasteiger partial charge >= 0.3 is 0 Å². The van der Waals surface area contributed by atoms with E-state index in [0.717, 1.165) is 53.7 Å². The summed E-state index contributed by atoms with van der Waals surface area (Å²) in [5.74, 6) is 2.02. The van der Waals surface area contributed by atoms with Gasteiger partial charge in [-0.1, -0.05) is 12.8 Å². The Morgan fingerprint density at radius 3 is 2.79 bits per heavy atom. The third-order valence-corrected chi connectivity index (χ3v) is 7.47. The summed E-state index contributed by atoms with van der Waals surface area (Å²) in [6.45, 7) is 3.46. The van der Waals surface area contributed by atoms with Crippen molar-refractivity contribution >= 4 is 34.6 Å². The van der Waals surface area contributed by atoms with Crippen molar-refractivity contribution < 1.29 is 4.79 Å². The number of hydrogen-bond acceptors (Lipinski definition) is 5. The van der Waals surface area contributed by atoms with Crippen LogP contribution in [0.4, 0.5) is 11.5 Å². The zero-order chi connectivity index (χ0) is 19.8. The Morgan fingerprint density at radius 1 is 1.28 bits per heavy atom. The highest BCUT2D eigenvalue weighted by atomic mass is 32.1. The van der Waals surface area contributed by atoms with Gasteiger partial charge in [-0.2, -0.15) is 0 Å². The molecule has 1 aliphatic carbocycles. The minimum absolute atomic E-state index is 0.160. The maximum absolute atomic E-state index is 13.0. The van der Waals surface area contributed by atoms with Gasteiger partial charge < -0.3 is 15.5 Å². The van der Waals surface area contributed by atoms with E-state index >= 15 is 0 Å². The van der Waals surface area contributed by atoms with E-state index in [1.54, 1.807) is 0 Å². The van der Waals surface area contributed by atoms with Gasteiger partial charge in [-0.25, -0.2) is 4.98 Å². The molecule has 2 fully saturated rings. The fourth-order valence-electron chi connectivity index (χ4n) is 4.72. The molecule has 0 atom stereocenters. The molecule has 0 aromatic carbocycles. The van der Waals surface area contributed by atoms with Crippen molar-refractivity contribution in [1.29, 1.82) is 0 Å². The van der Waals surface area contributed by atoms with Crippen molar-refractivity contribution in [1.82, 2.24) is 9.88 Å². The van der Waals surface area contributed by atoms with E-state index in [9.17, 15) is 4.79 Å². The lowest BCUT2D eigenvalue weighted by Crippen LogP contribution is -2.59. The highest BCUT2D eigenvalue weighted by molar-refractivity contribution is 7.12. The van der Waals surface area contributed by atoms with E-state index in [0.29, 0.717) is 6.04 Å². The maximum atomic E-state index is 13.0. The van der Waals surface area contributed by atoms with Crippen LogP contribution >= 0.6 is 11.3 Å². The predicted molar refractivity (Wildman–Crippen MR) is 118 cm³/mol. The summed E-state index contributed by atoms with van der Waals surface area (Å²) in [4.78, 5) is 25.5. The van der Waals surface area contributed by atoms with Crippen LogP contribution in [0.25, 0.3) is 0 Å². The number of hydrogen-bond donors (Lipinski definition) is 2. The smallest absolute Gasteiger partial charge is 0.264 e. The van der Waals surface area contributed by atoms with Crippen LogP contribution in [0.1, 0.15) is 53.8 Å². The predicted octanol–water partition coefficient (Wildman–Crippen LogP) is 4.31. The molecule has 2 N–H and O–H groups in total. The van der Waals surface area contributed by atoms with E-state index < -0.39 is 0 Å². The van der Waals surface area contributed by atoms with E-state index in [1.807, 2.05) is 35.5 Å². The molecule has 0 unspecified atom stereocenters. The number of thiophene rings is 1. The number of amidine groups is 1. The topological polar surface area (TPSA) is 69.6 Å². The van der Waals surface area contributed by atoms with Crippen LogP contribution in [0, 0.1) is 6.92 Å². The molecule has 1 saturated heterocycles. The van der Waals surface area contributed by atoms with Crippen molar-refractivity contribution in [2.24, 2.45) is 4.99 Å². The highest BCUT2D eigenvalue weighted by Gasteiger charge is 2.44. The summed E-state index contributed by atoms with van der Waals surface area (Å²) in [6.07, 6.45) is 8.35. The lowest BCUT2D eigenvalue weighted by Gasteiger charge is -2.46. The zero-order valence-electron chi connectivity index (χ0n) is 16.8. The Hall–Kier alpha value is -2.41. The lowest BCUT2D eigenvalue weighted by molar-refractivity contribution is 0.0709. The number of anilines is 2. The number of pyridine rings is 1. The molecular formula is C22H27N5OS. The molecule has 1 saturated carbocycles. The molecule has 2 aromatic rings. The number of amides is 1. The molecule has 0 radical (unpaired) electrons. The normalized spacial score (nSPS) is 22.4. The Bertz CT molecular complexity index is 938. The van der Waals surface area contributed by atoms with Crippen LogP contribution in [-0.4, -0.2) is 46.3 Å². The number of aromatic nitrogens is 1. The van der Waals surface area contributed by atoms with E-state index in [2.05, 4.69) is 21.7 Å². The molecule has 3 aliphatic rings. The molecule has 0 bridgehead atoms. The SMILES string of the molecule is Cc1ccsc1C(=O)N1CCC2(CC1)Nc1cccnc1NC2=NC1CCCC1. The lowest BCUT2D eigenvalue weighted by atomic mass is 9.84. The first-order valence-corrected chi connectivity index (χ1v) is 11.4. The first-order chi connectivity index (χ1) is 14.1. The molecular weight excluding hydrogens is 382 g/mol. The minimum Gasteiger partial charge on any atom is -0.370 e. The number of aryl methyl sites for hydroxylation is 1. The number of fused-ring (bicyclic) bond motifs is 1. The standard InChI is InChI=1S/C22H27N5OS/c1-15-8-14-29-18(15)20(28)27-12-9-22(10-13-27)21(24-16-5-2-3-6-16)25-19-17(26-22)7-4-11-23-19/h4,7-8,11,14,16,26H,2-3,5-6,9-10,12-13H2,1H3,(H,23,24,25). The fraction of sp³-hybridized carbons (Fsp3) is 0.500. The second-order valence-electron chi connectivity index (χ2n) is 8.37. The summed E-state index contributed by atoms with van der Waals surface area (Å²) in [5.41, 5.74) is 1.84. The van der Waals surface area contributed by atoms with Crippen LogP contribution in [0.5, 0.6) is 0 Å². The number of carbonyl (C=O) groups is 1. The Morgan fingerprint density at radius 2 is 2.07 bits per heavy atom. The first-order valence-electron chi connectivity index (χ1n) is 10.6. The maximum Gasteiger partial charge on any atom is 0.264 e. The fourth-order valence-corrected chi connectivity index (χ4v) is 5.61. The van der Waals surface area contributed by atoms with Gasteiger partial charge in [-0.15, -0.1) is 11.3 Å². The summed E-state index contributed by atoms with van der Waals surface area (Å²) >= 11 is 1.54. The summed E-state index contributed by atoms with van der Waals surface area (Å²) in [7, 11) is 0. The first kappa shape index (κ1) is 18.6. The van der Waals surface area contributed by atoms with Crippen LogP contribution in [0.2, 0.25) is 0 Å². The van der Waals surface area contributed by atoms with E-state index in [1.165, 1.54) is 37.0 Å². The van der Waals surface area contributed by atoms with Gasteiger partial charge in [-0.05, 0) is 61.7 Å². The third kappa shape index (κ3) is 3.41. The number of piperidine rings is 1. The van der Waals surface area contributed by atoms with Crippen molar-refractivity contribution in [3.8, 4) is 0 Å². The average molecular weight is 410 g/mol. The van der Waals surface area contributed by atoms with Gasteiger partial charge in [0.25, 0.3) is 5.91 Å². The number of rotatable bonds is 2. The second kappa shape index (κ2) is 7.44. The zero-order valence-corrected chi connectivity index (χ0v) is 17.6. The van der Waals surface area contributed by atoms with Crippen molar-refractivity contribution in [2.75, 3.05) is 23.7 Å². The van der Waals surface area contributed by atoms with Crippen LogP contribution in [-0.2, 0) is 0 Å². The van der Waals surface area contributed by atoms with Gasteiger partial charge in [0.05, 0.1) is 22.1 Å². The van der Waals surface area contributed by atoms with Crippen LogP contribution in [0.3, 0.4) is 0 Å². The second-order valence-corrected chi connectivity index (χ2v) is 9.29. The molecule has 1 spiro atoms. The van der Waals surface area contributed by atoms with Crippen molar-refractivity contribution in [3.05, 3.63) is 40.2 Å². The van der Waals surface area contributed by atoms with Crippen LogP contribution < -0.4 is 10.6 Å². The Balaban J connectivity index is 1.40. The minimum atomic E-state index is -0.250. The molecule has 4 heterocycles. The average Bonchev–Trinajstić information content (AvgIpc) is 3.40. The van der Waals surface area contributed by atoms with Crippen molar-refractivity contribution in [3.63, 3.8) is 0 Å². The molecule has 6 nitrogen and oxygen atoms in total. The largest absolute Gasteiger partial charge is 0.370 e. The molecule has 29 heavy (non-hydrogen) atoms. The number of nitrogens with zero attached hydrogens (tertiary/aromatic N) is 3. The molecule has 7 heteroatoms. The summed E-state index contributed by atoms with van der Waals surface area (Å²) in [6, 6.07) is 6.44. The van der Waals surface area contributed by atoms with Crippen LogP contribution in [0.15, 0.2) is 34.8 Å². The molecule has 5 rings (SSSR count). The summed E-state index contributed by atoms with van der Waals surface area (Å²) < 4.78 is 0. The number of nitrogens with one attached hydrogen (secondary N) is 2. The number of aliphatic imine (C=N–C) groups is 1. The monoisotopic (exact) mass is 409 g/mol. The van der Waals surface area contributed by atoms with Gasteiger partial charge in [0.2, 0.25) is 0 Å². The Labute approximate surface area is 175 Å². The van der Waals surface area contributed by atoms with Gasteiger partial charge in [0, 0.05) is 19.3 Å². The van der Waals surface area contributed by atoms with E-state index in [-0.39, 0.29) is 11.4 Å². The molecule has 152 valence electrons. The summed E-state index contributed by atoms with van der Waals surface area (Å²) in [5, 5.41) is 9.29. The third-order valence-electron chi connectivity index (χ3n) is 6.47. The number of carbonyl (C=O) groups excluding carboxylic acids is 1. The van der Waals surface area contributed by atoms with Gasteiger partial charge in [0.1, 0.15) is 5.84 Å². The Kier molecular flexibility index (Phi) is 4.78. The van der Waals surface area contributed by atoms with Gasteiger partial charge in [-0.3, -0.25) is 9.79 Å². The quantitative estimate of drug-likeness (QED) is 0.776. The van der Waals surface area contributed by atoms with Crippen molar-refractivity contribution in [2.45, 2.75) is 57.0 Å². The molecule has 2 aromatic heterocycles.